The summed E-state index contributed by atoms with van der Waals surface area (Å²) in [5, 5.41) is 3.28. The van der Waals surface area contributed by atoms with Crippen molar-refractivity contribution in [3.63, 3.8) is 0 Å². The SMILES string of the molecule is CN=C(NCC(C)(C)NS(C)(=O)=O)N1CC=C(c2ccccc2)CC1. The zero-order chi connectivity index (χ0) is 18.5. The average molecular weight is 365 g/mol. The summed E-state index contributed by atoms with van der Waals surface area (Å²) in [5.74, 6) is 0.784. The van der Waals surface area contributed by atoms with Crippen LogP contribution in [0.4, 0.5) is 0 Å². The van der Waals surface area contributed by atoms with Crippen LogP contribution in [0.5, 0.6) is 0 Å². The molecule has 0 fully saturated rings. The molecule has 1 aliphatic rings. The summed E-state index contributed by atoms with van der Waals surface area (Å²) < 4.78 is 25.5. The quantitative estimate of drug-likeness (QED) is 0.616. The topological polar surface area (TPSA) is 73.8 Å². The van der Waals surface area contributed by atoms with Crippen LogP contribution >= 0.6 is 0 Å². The summed E-state index contributed by atoms with van der Waals surface area (Å²) in [6.07, 6.45) is 4.35. The Morgan fingerprint density at radius 2 is 1.96 bits per heavy atom. The number of benzene rings is 1. The van der Waals surface area contributed by atoms with Crippen LogP contribution in [-0.2, 0) is 10.0 Å². The molecule has 6 nitrogen and oxygen atoms in total. The second-order valence-corrected chi connectivity index (χ2v) is 8.70. The van der Waals surface area contributed by atoms with E-state index in [0.717, 1.165) is 25.5 Å². The minimum absolute atomic E-state index is 0.457. The van der Waals surface area contributed by atoms with Gasteiger partial charge in [-0.15, -0.1) is 0 Å². The van der Waals surface area contributed by atoms with Crippen LogP contribution in [-0.4, -0.2) is 57.8 Å². The third-order valence-corrected chi connectivity index (χ3v) is 4.94. The van der Waals surface area contributed by atoms with Crippen LogP contribution in [0.2, 0.25) is 0 Å². The molecule has 0 saturated heterocycles. The van der Waals surface area contributed by atoms with Crippen LogP contribution in [0.15, 0.2) is 41.4 Å². The number of rotatable bonds is 5. The third kappa shape index (κ3) is 6.17. The van der Waals surface area contributed by atoms with Gasteiger partial charge in [0.15, 0.2) is 5.96 Å². The summed E-state index contributed by atoms with van der Waals surface area (Å²) in [6.45, 7) is 5.80. The molecule has 138 valence electrons. The van der Waals surface area contributed by atoms with E-state index >= 15 is 0 Å². The van der Waals surface area contributed by atoms with Gasteiger partial charge in [-0.25, -0.2) is 13.1 Å². The molecule has 0 amide bonds. The van der Waals surface area contributed by atoms with Gasteiger partial charge in [-0.2, -0.15) is 0 Å². The molecule has 1 heterocycles. The number of nitrogens with one attached hydrogen (secondary N) is 2. The van der Waals surface area contributed by atoms with Crippen molar-refractivity contribution in [2.24, 2.45) is 4.99 Å². The van der Waals surface area contributed by atoms with E-state index in [2.05, 4.69) is 50.3 Å². The van der Waals surface area contributed by atoms with Crippen LogP contribution in [0.25, 0.3) is 5.57 Å². The second-order valence-electron chi connectivity index (χ2n) is 6.95. The zero-order valence-electron chi connectivity index (χ0n) is 15.4. The summed E-state index contributed by atoms with van der Waals surface area (Å²) in [6, 6.07) is 10.4. The predicted octanol–water partition coefficient (Wildman–Crippen LogP) is 1.68. The zero-order valence-corrected chi connectivity index (χ0v) is 16.2. The number of nitrogens with zero attached hydrogens (tertiary/aromatic N) is 2. The lowest BCUT2D eigenvalue weighted by atomic mass is 10.00. The summed E-state index contributed by atoms with van der Waals surface area (Å²) in [7, 11) is -1.51. The molecular formula is C18H28N4O2S. The maximum Gasteiger partial charge on any atom is 0.209 e. The van der Waals surface area contributed by atoms with Gasteiger partial charge in [0.1, 0.15) is 0 Å². The first-order valence-corrected chi connectivity index (χ1v) is 10.3. The third-order valence-electron chi connectivity index (χ3n) is 4.02. The van der Waals surface area contributed by atoms with Crippen LogP contribution in [0, 0.1) is 0 Å². The van der Waals surface area contributed by atoms with Crippen LogP contribution in [0.3, 0.4) is 0 Å². The van der Waals surface area contributed by atoms with E-state index in [1.165, 1.54) is 17.4 Å². The van der Waals surface area contributed by atoms with Crippen molar-refractivity contribution in [3.05, 3.63) is 42.0 Å². The fraction of sp³-hybridized carbons (Fsp3) is 0.500. The Morgan fingerprint density at radius 3 is 2.48 bits per heavy atom. The average Bonchev–Trinajstić information content (AvgIpc) is 2.54. The Labute approximate surface area is 151 Å². The molecule has 1 aromatic rings. The van der Waals surface area contributed by atoms with Gasteiger partial charge in [-0.05, 0) is 31.4 Å². The minimum atomic E-state index is -3.25. The highest BCUT2D eigenvalue weighted by Crippen LogP contribution is 2.21. The first-order chi connectivity index (χ1) is 11.7. The van der Waals surface area contributed by atoms with Gasteiger partial charge in [0.2, 0.25) is 10.0 Å². The van der Waals surface area contributed by atoms with Crippen molar-refractivity contribution < 1.29 is 8.42 Å². The number of hydrogen-bond donors (Lipinski definition) is 2. The monoisotopic (exact) mass is 364 g/mol. The molecular weight excluding hydrogens is 336 g/mol. The molecule has 0 saturated carbocycles. The Balaban J connectivity index is 1.96. The highest BCUT2D eigenvalue weighted by Gasteiger charge is 2.24. The number of aliphatic imine (C=N–C) groups is 1. The Bertz CT molecular complexity index is 740. The van der Waals surface area contributed by atoms with E-state index in [9.17, 15) is 8.42 Å². The van der Waals surface area contributed by atoms with E-state index in [-0.39, 0.29) is 0 Å². The summed E-state index contributed by atoms with van der Waals surface area (Å²) >= 11 is 0. The molecule has 0 unspecified atom stereocenters. The van der Waals surface area contributed by atoms with E-state index < -0.39 is 15.6 Å². The molecule has 25 heavy (non-hydrogen) atoms. The van der Waals surface area contributed by atoms with Crippen molar-refractivity contribution in [2.75, 3.05) is 32.9 Å². The highest BCUT2D eigenvalue weighted by molar-refractivity contribution is 7.88. The summed E-state index contributed by atoms with van der Waals surface area (Å²) in [4.78, 5) is 6.50. The predicted molar refractivity (Wildman–Crippen MR) is 104 cm³/mol. The fourth-order valence-corrected chi connectivity index (χ4v) is 4.02. The molecule has 1 aromatic carbocycles. The van der Waals surface area contributed by atoms with Gasteiger partial charge < -0.3 is 10.2 Å². The van der Waals surface area contributed by atoms with Crippen molar-refractivity contribution in [2.45, 2.75) is 25.8 Å². The molecule has 0 spiro atoms. The van der Waals surface area contributed by atoms with Gasteiger partial charge >= 0.3 is 0 Å². The number of guanidine groups is 1. The van der Waals surface area contributed by atoms with Gasteiger partial charge in [0, 0.05) is 32.2 Å². The largest absolute Gasteiger partial charge is 0.354 e. The Kier molecular flexibility index (Phi) is 6.24. The first kappa shape index (κ1) is 19.5. The van der Waals surface area contributed by atoms with Gasteiger partial charge in [0.05, 0.1) is 6.26 Å². The fourth-order valence-electron chi connectivity index (χ4n) is 2.95. The highest BCUT2D eigenvalue weighted by atomic mass is 32.2. The Morgan fingerprint density at radius 1 is 1.28 bits per heavy atom. The van der Waals surface area contributed by atoms with E-state index in [1.807, 2.05) is 19.9 Å². The lowest BCUT2D eigenvalue weighted by Crippen LogP contribution is -2.54. The van der Waals surface area contributed by atoms with Crippen LogP contribution < -0.4 is 10.0 Å². The van der Waals surface area contributed by atoms with E-state index in [0.29, 0.717) is 6.54 Å². The Hall–Kier alpha value is -1.86. The van der Waals surface area contributed by atoms with Crippen molar-refractivity contribution in [1.29, 1.82) is 0 Å². The molecule has 2 N–H and O–H groups in total. The van der Waals surface area contributed by atoms with Crippen LogP contribution in [0.1, 0.15) is 25.8 Å². The van der Waals surface area contributed by atoms with Crippen molar-refractivity contribution in [3.8, 4) is 0 Å². The van der Waals surface area contributed by atoms with Gasteiger partial charge in [-0.1, -0.05) is 36.4 Å². The maximum atomic E-state index is 11.4. The molecule has 2 rings (SSSR count). The minimum Gasteiger partial charge on any atom is -0.354 e. The normalized spacial score (nSPS) is 16.6. The molecule has 0 atom stereocenters. The summed E-state index contributed by atoms with van der Waals surface area (Å²) in [5.41, 5.74) is 2.03. The maximum absolute atomic E-state index is 11.4. The van der Waals surface area contributed by atoms with Crippen molar-refractivity contribution in [1.82, 2.24) is 14.9 Å². The standard InChI is InChI=1S/C18H28N4O2S/c1-18(2,21-25(4,23)24)14-20-17(19-3)22-12-10-16(11-13-22)15-8-6-5-7-9-15/h5-10,21H,11-14H2,1-4H3,(H,19,20). The number of sulfonamides is 1. The molecule has 0 aromatic heterocycles. The van der Waals surface area contributed by atoms with Gasteiger partial charge in [0.25, 0.3) is 0 Å². The molecule has 1 aliphatic heterocycles. The molecule has 0 bridgehead atoms. The van der Waals surface area contributed by atoms with Crippen molar-refractivity contribution >= 4 is 21.6 Å². The first-order valence-electron chi connectivity index (χ1n) is 8.39. The smallest absolute Gasteiger partial charge is 0.209 e. The molecule has 0 radical (unpaired) electrons. The lowest BCUT2D eigenvalue weighted by molar-refractivity contribution is 0.408. The van der Waals surface area contributed by atoms with Gasteiger partial charge in [-0.3, -0.25) is 4.99 Å². The molecule has 0 aliphatic carbocycles. The van der Waals surface area contributed by atoms with E-state index in [4.69, 9.17) is 0 Å². The van der Waals surface area contributed by atoms with E-state index in [1.54, 1.807) is 7.05 Å². The number of hydrogen-bond acceptors (Lipinski definition) is 3. The second kappa shape index (κ2) is 8.01. The molecule has 7 heteroatoms. The lowest BCUT2D eigenvalue weighted by Gasteiger charge is -2.32.